The Labute approximate surface area is 158 Å². The van der Waals surface area contributed by atoms with Crippen LogP contribution < -0.4 is 17.3 Å². The maximum Gasteiger partial charge on any atom is 0.0782 e. The van der Waals surface area contributed by atoms with Crippen LogP contribution in [0.3, 0.4) is 0 Å². The first-order valence-corrected chi connectivity index (χ1v) is 8.76. The Balaban J connectivity index is 0.00000312. The van der Waals surface area contributed by atoms with Crippen molar-refractivity contribution in [3.05, 3.63) is 59.7 Å². The topological polar surface area (TPSA) is 28.2 Å². The number of benzene rings is 2. The summed E-state index contributed by atoms with van der Waals surface area (Å²) in [7, 11) is 4.31. The minimum atomic E-state index is -0.335. The zero-order valence-electron chi connectivity index (χ0n) is 15.8. The number of nitrogens with zero attached hydrogens (tertiary/aromatic N) is 1. The van der Waals surface area contributed by atoms with Gasteiger partial charge in [-0.15, -0.1) is 0 Å². The van der Waals surface area contributed by atoms with Crippen LogP contribution in [0.15, 0.2) is 54.1 Å². The van der Waals surface area contributed by atoms with E-state index in [2.05, 4.69) is 82.6 Å². The van der Waals surface area contributed by atoms with E-state index in [0.29, 0.717) is 0 Å². The molecular weight excluding hydrogens is 328 g/mol. The molecule has 2 rings (SSSR count). The molecule has 1 atom stereocenters. The predicted molar refractivity (Wildman–Crippen MR) is 102 cm³/mol. The fraction of sp³-hybridized carbons (Fsp3) is 0.409. The van der Waals surface area contributed by atoms with Crippen molar-refractivity contribution in [2.24, 2.45) is 5.41 Å². The van der Waals surface area contributed by atoms with Crippen molar-refractivity contribution in [1.29, 1.82) is 5.26 Å². The molecule has 3 heteroatoms. The van der Waals surface area contributed by atoms with E-state index < -0.39 is 0 Å². The van der Waals surface area contributed by atoms with E-state index in [1.807, 2.05) is 0 Å². The monoisotopic (exact) mass is 356 g/mol. The maximum absolute atomic E-state index is 10.0. The predicted octanol–water partition coefficient (Wildman–Crippen LogP) is 0.787. The molecule has 0 amide bonds. The van der Waals surface area contributed by atoms with Crippen molar-refractivity contribution in [3.8, 4) is 6.07 Å². The highest BCUT2D eigenvalue weighted by molar-refractivity contribution is 5.85. The quantitative estimate of drug-likeness (QED) is 0.730. The molecule has 0 fully saturated rings. The van der Waals surface area contributed by atoms with Gasteiger partial charge in [-0.05, 0) is 43.0 Å². The molecule has 1 N–H and O–H groups in total. The zero-order chi connectivity index (χ0) is 17.6. The van der Waals surface area contributed by atoms with E-state index in [1.165, 1.54) is 26.8 Å². The standard InChI is InChI=1S/C22H28N2.ClH/c1-18(2)12-13-22(17-23,14-15-24(3)4)16-20-10-7-9-19-8-5-6-11-21(19)20;/h5-12H,13-16H2,1-4H3;1H. The Morgan fingerprint density at radius 3 is 2.44 bits per heavy atom. The molecule has 0 radical (unpaired) electrons. The lowest BCUT2D eigenvalue weighted by Gasteiger charge is -2.27. The van der Waals surface area contributed by atoms with Crippen molar-refractivity contribution in [1.82, 2.24) is 0 Å². The molecule has 0 heterocycles. The molecule has 134 valence electrons. The van der Waals surface area contributed by atoms with Gasteiger partial charge < -0.3 is 17.3 Å². The minimum absolute atomic E-state index is 0. The van der Waals surface area contributed by atoms with Crippen LogP contribution in [0, 0.1) is 16.7 Å². The molecule has 0 spiro atoms. The van der Waals surface area contributed by atoms with Gasteiger partial charge in [0.1, 0.15) is 0 Å². The number of fused-ring (bicyclic) bond motifs is 1. The number of nitrogens with one attached hydrogen (secondary N) is 1. The number of rotatable bonds is 7. The van der Waals surface area contributed by atoms with Crippen molar-refractivity contribution >= 4 is 10.8 Å². The average molecular weight is 357 g/mol. The summed E-state index contributed by atoms with van der Waals surface area (Å²) in [5.74, 6) is 0. The van der Waals surface area contributed by atoms with Crippen LogP contribution in [0.5, 0.6) is 0 Å². The van der Waals surface area contributed by atoms with E-state index >= 15 is 0 Å². The largest absolute Gasteiger partial charge is 1.00 e. The lowest BCUT2D eigenvalue weighted by molar-refractivity contribution is -0.859. The van der Waals surface area contributed by atoms with Crippen LogP contribution in [0.2, 0.25) is 0 Å². The second kappa shape index (κ2) is 9.61. The highest BCUT2D eigenvalue weighted by Crippen LogP contribution is 2.33. The summed E-state index contributed by atoms with van der Waals surface area (Å²) in [5.41, 5.74) is 2.23. The highest BCUT2D eigenvalue weighted by atomic mass is 35.5. The second-order valence-electron chi connectivity index (χ2n) is 7.40. The first-order valence-electron chi connectivity index (χ1n) is 8.76. The van der Waals surface area contributed by atoms with Gasteiger partial charge in [0.25, 0.3) is 0 Å². The highest BCUT2D eigenvalue weighted by Gasteiger charge is 2.31. The third kappa shape index (κ3) is 5.88. The molecule has 0 saturated heterocycles. The summed E-state index contributed by atoms with van der Waals surface area (Å²) in [4.78, 5) is 1.39. The Morgan fingerprint density at radius 1 is 1.12 bits per heavy atom. The summed E-state index contributed by atoms with van der Waals surface area (Å²) >= 11 is 0. The molecule has 0 aliphatic heterocycles. The fourth-order valence-corrected chi connectivity index (χ4v) is 3.10. The van der Waals surface area contributed by atoms with Crippen LogP contribution in [0.4, 0.5) is 0 Å². The first kappa shape index (κ1) is 21.2. The Kier molecular flexibility index (Phi) is 8.16. The summed E-state index contributed by atoms with van der Waals surface area (Å²) in [5, 5.41) is 12.6. The van der Waals surface area contributed by atoms with Crippen molar-refractivity contribution in [2.75, 3.05) is 20.6 Å². The van der Waals surface area contributed by atoms with E-state index in [0.717, 1.165) is 25.8 Å². The number of allylic oxidation sites excluding steroid dienone is 2. The van der Waals surface area contributed by atoms with Gasteiger partial charge in [0.05, 0.1) is 32.1 Å². The summed E-state index contributed by atoms with van der Waals surface area (Å²) in [6.45, 7) is 5.23. The Morgan fingerprint density at radius 2 is 1.80 bits per heavy atom. The minimum Gasteiger partial charge on any atom is -1.00 e. The average Bonchev–Trinajstić information content (AvgIpc) is 2.57. The number of halogens is 1. The van der Waals surface area contributed by atoms with Gasteiger partial charge in [-0.1, -0.05) is 54.1 Å². The summed E-state index contributed by atoms with van der Waals surface area (Å²) < 4.78 is 0. The molecule has 2 aromatic rings. The van der Waals surface area contributed by atoms with Crippen LogP contribution in [0.1, 0.15) is 32.3 Å². The number of nitriles is 1. The van der Waals surface area contributed by atoms with Gasteiger partial charge >= 0.3 is 0 Å². The van der Waals surface area contributed by atoms with E-state index in [1.54, 1.807) is 0 Å². The van der Waals surface area contributed by atoms with Gasteiger partial charge in [-0.3, -0.25) is 0 Å². The van der Waals surface area contributed by atoms with E-state index in [-0.39, 0.29) is 17.8 Å². The molecule has 0 saturated carbocycles. The van der Waals surface area contributed by atoms with Gasteiger partial charge in [-0.25, -0.2) is 0 Å². The number of hydrogen-bond acceptors (Lipinski definition) is 1. The van der Waals surface area contributed by atoms with Gasteiger partial charge in [0.2, 0.25) is 0 Å². The normalized spacial score (nSPS) is 13.0. The van der Waals surface area contributed by atoms with E-state index in [9.17, 15) is 5.26 Å². The molecule has 1 unspecified atom stereocenters. The molecule has 0 aliphatic carbocycles. The summed E-state index contributed by atoms with van der Waals surface area (Å²) in [6.07, 6.45) is 4.77. The van der Waals surface area contributed by atoms with Crippen molar-refractivity contribution < 1.29 is 17.3 Å². The molecule has 0 bridgehead atoms. The number of hydrogen-bond donors (Lipinski definition) is 1. The molecule has 0 aromatic heterocycles. The van der Waals surface area contributed by atoms with E-state index in [4.69, 9.17) is 0 Å². The van der Waals surface area contributed by atoms with Gasteiger partial charge in [-0.2, -0.15) is 5.26 Å². The van der Waals surface area contributed by atoms with Crippen LogP contribution >= 0.6 is 0 Å². The molecule has 2 aromatic carbocycles. The van der Waals surface area contributed by atoms with Crippen LogP contribution in [-0.2, 0) is 6.42 Å². The van der Waals surface area contributed by atoms with Crippen molar-refractivity contribution in [2.45, 2.75) is 33.1 Å². The maximum atomic E-state index is 10.0. The third-order valence-corrected chi connectivity index (χ3v) is 4.65. The molecule has 2 nitrogen and oxygen atoms in total. The van der Waals surface area contributed by atoms with Gasteiger partial charge in [0, 0.05) is 6.42 Å². The SMILES string of the molecule is CC(C)=CCC(C#N)(CC[NH+](C)C)Cc1cccc2ccccc12.[Cl-]. The molecular formula is C22H29ClN2. The van der Waals surface area contributed by atoms with Gasteiger partial charge in [0.15, 0.2) is 0 Å². The summed E-state index contributed by atoms with van der Waals surface area (Å²) in [6, 6.07) is 17.6. The molecule has 0 aliphatic rings. The lowest BCUT2D eigenvalue weighted by Crippen LogP contribution is -3.05. The number of quaternary nitrogens is 1. The third-order valence-electron chi connectivity index (χ3n) is 4.65. The lowest BCUT2D eigenvalue weighted by atomic mass is 9.76. The van der Waals surface area contributed by atoms with Crippen LogP contribution in [-0.4, -0.2) is 20.6 Å². The molecule has 25 heavy (non-hydrogen) atoms. The van der Waals surface area contributed by atoms with Crippen molar-refractivity contribution in [3.63, 3.8) is 0 Å². The Hall–Kier alpha value is -1.82. The Bertz CT molecular complexity index is 749. The zero-order valence-corrected chi connectivity index (χ0v) is 16.5. The van der Waals surface area contributed by atoms with Crippen LogP contribution in [0.25, 0.3) is 10.8 Å². The smallest absolute Gasteiger partial charge is 0.0782 e. The fourth-order valence-electron chi connectivity index (χ4n) is 3.10. The first-order chi connectivity index (χ1) is 11.5. The second-order valence-corrected chi connectivity index (χ2v) is 7.40.